The molecule has 0 amide bonds. The molecule has 2 atom stereocenters. The summed E-state index contributed by atoms with van der Waals surface area (Å²) in [6.07, 6.45) is 1.96. The Bertz CT molecular complexity index is 924. The van der Waals surface area contributed by atoms with Gasteiger partial charge in [-0.2, -0.15) is 0 Å². The molecule has 2 rings (SSSR count). The van der Waals surface area contributed by atoms with Gasteiger partial charge in [-0.15, -0.1) is 5.10 Å². The van der Waals surface area contributed by atoms with E-state index < -0.39 is 31.1 Å². The number of nitrogens with zero attached hydrogens (tertiary/aromatic N) is 2. The number of sulfone groups is 1. The number of aryl methyl sites for hydroxylation is 1. The average Bonchev–Trinajstić information content (AvgIpc) is 3.08. The monoisotopic (exact) mass is 401 g/mol. The fourth-order valence-corrected chi connectivity index (χ4v) is 4.06. The van der Waals surface area contributed by atoms with Crippen molar-refractivity contribution in [3.8, 4) is 0 Å². The summed E-state index contributed by atoms with van der Waals surface area (Å²) in [4.78, 5) is 0. The van der Waals surface area contributed by atoms with Gasteiger partial charge in [0.15, 0.2) is 0 Å². The summed E-state index contributed by atoms with van der Waals surface area (Å²) in [5.41, 5.74) is 0.912. The van der Waals surface area contributed by atoms with Crippen molar-refractivity contribution in [2.24, 2.45) is 5.92 Å². The quantitative estimate of drug-likeness (QED) is 0.679. The minimum atomic E-state index is -3.66. The molecule has 144 valence electrons. The molecule has 0 aliphatic carbocycles. The molecule has 1 aromatic carbocycles. The molecule has 0 aliphatic rings. The van der Waals surface area contributed by atoms with Gasteiger partial charge in [0.05, 0.1) is 5.75 Å². The Morgan fingerprint density at radius 2 is 1.77 bits per heavy atom. The summed E-state index contributed by atoms with van der Waals surface area (Å²) < 4.78 is 55.8. The van der Waals surface area contributed by atoms with Crippen LogP contribution in [0.1, 0.15) is 37.8 Å². The highest BCUT2D eigenvalue weighted by molar-refractivity contribution is 7.90. The number of hydrogen-bond acceptors (Lipinski definition) is 7. The predicted molar refractivity (Wildman–Crippen MR) is 96.7 cm³/mol. The molecule has 0 unspecified atom stereocenters. The molecule has 0 bridgehead atoms. The number of hydrogen-bond donors (Lipinski definition) is 1. The number of sulfonamides is 1. The van der Waals surface area contributed by atoms with Crippen LogP contribution in [0, 0.1) is 5.92 Å². The summed E-state index contributed by atoms with van der Waals surface area (Å²) in [5, 5.41) is 6.72. The fraction of sp³-hybridized carbons (Fsp3) is 0.500. The zero-order chi connectivity index (χ0) is 19.4. The van der Waals surface area contributed by atoms with Crippen molar-refractivity contribution < 1.29 is 21.3 Å². The lowest BCUT2D eigenvalue weighted by atomic mass is 10.0. The Labute approximate surface area is 154 Å². The van der Waals surface area contributed by atoms with Gasteiger partial charge in [0.1, 0.15) is 6.04 Å². The van der Waals surface area contributed by atoms with Crippen molar-refractivity contribution in [2.45, 2.75) is 38.0 Å². The Morgan fingerprint density at radius 1 is 1.12 bits per heavy atom. The molecule has 2 aromatic rings. The first kappa shape index (κ1) is 20.5. The van der Waals surface area contributed by atoms with Crippen molar-refractivity contribution in [2.75, 3.05) is 12.0 Å². The first-order valence-electron chi connectivity index (χ1n) is 8.19. The van der Waals surface area contributed by atoms with Crippen molar-refractivity contribution in [3.63, 3.8) is 0 Å². The second-order valence-electron chi connectivity index (χ2n) is 6.21. The standard InChI is InChI=1S/C16H23N3O5S2/c1-4-12(2)14(15-17-18-16(24-15)25(3,20)21)19-26(22,23)11-10-13-8-6-5-7-9-13/h5-9,12,14,19H,4,10-11H2,1-3H3/t12-,14+/m1/s1. The Balaban J connectivity index is 2.18. The maximum absolute atomic E-state index is 12.5. The molecule has 1 heterocycles. The van der Waals surface area contributed by atoms with Crippen LogP contribution in [0.15, 0.2) is 40.0 Å². The van der Waals surface area contributed by atoms with E-state index in [4.69, 9.17) is 4.42 Å². The molecule has 10 heteroatoms. The summed E-state index contributed by atoms with van der Waals surface area (Å²) in [7, 11) is -7.29. The largest absolute Gasteiger partial charge is 0.411 e. The number of aromatic nitrogens is 2. The number of benzene rings is 1. The minimum Gasteiger partial charge on any atom is -0.411 e. The van der Waals surface area contributed by atoms with Crippen LogP contribution in [0.3, 0.4) is 0 Å². The van der Waals surface area contributed by atoms with Crippen LogP contribution in [0.5, 0.6) is 0 Å². The number of rotatable bonds is 9. The summed E-state index contributed by atoms with van der Waals surface area (Å²) in [6, 6.07) is 8.49. The first-order valence-corrected chi connectivity index (χ1v) is 11.7. The van der Waals surface area contributed by atoms with Crippen molar-refractivity contribution >= 4 is 19.9 Å². The van der Waals surface area contributed by atoms with E-state index in [1.807, 2.05) is 44.2 Å². The molecule has 1 N–H and O–H groups in total. The molecule has 0 radical (unpaired) electrons. The van der Waals surface area contributed by atoms with Crippen LogP contribution in [0.25, 0.3) is 0 Å². The lowest BCUT2D eigenvalue weighted by Crippen LogP contribution is -2.35. The van der Waals surface area contributed by atoms with E-state index in [-0.39, 0.29) is 17.6 Å². The molecule has 0 saturated heterocycles. The molecule has 0 fully saturated rings. The van der Waals surface area contributed by atoms with E-state index in [2.05, 4.69) is 14.9 Å². The van der Waals surface area contributed by atoms with E-state index in [1.54, 1.807) is 0 Å². The molecule has 8 nitrogen and oxygen atoms in total. The normalized spacial score (nSPS) is 14.9. The van der Waals surface area contributed by atoms with Gasteiger partial charge >= 0.3 is 5.22 Å². The van der Waals surface area contributed by atoms with Gasteiger partial charge in [-0.25, -0.2) is 21.6 Å². The molecule has 1 aromatic heterocycles. The van der Waals surface area contributed by atoms with Crippen molar-refractivity contribution in [1.29, 1.82) is 0 Å². The molecule has 0 spiro atoms. The third kappa shape index (κ3) is 5.61. The van der Waals surface area contributed by atoms with Crippen LogP contribution < -0.4 is 4.72 Å². The third-order valence-corrected chi connectivity index (χ3v) is 6.18. The molecule has 0 saturated carbocycles. The van der Waals surface area contributed by atoms with Crippen LogP contribution >= 0.6 is 0 Å². The van der Waals surface area contributed by atoms with Crippen LogP contribution in [-0.4, -0.2) is 39.0 Å². The third-order valence-electron chi connectivity index (χ3n) is 4.03. The maximum Gasteiger partial charge on any atom is 0.335 e. The number of nitrogens with one attached hydrogen (secondary N) is 1. The van der Waals surface area contributed by atoms with Crippen LogP contribution in [-0.2, 0) is 26.3 Å². The molecular formula is C16H23N3O5S2. The summed E-state index contributed by atoms with van der Waals surface area (Å²) in [6.45, 7) is 3.72. The SMILES string of the molecule is CC[C@@H](C)[C@H](NS(=O)(=O)CCc1ccccc1)c1nnc(S(C)(=O)=O)o1. The topological polar surface area (TPSA) is 119 Å². The molecular weight excluding hydrogens is 378 g/mol. The zero-order valence-electron chi connectivity index (χ0n) is 14.9. The highest BCUT2D eigenvalue weighted by atomic mass is 32.2. The van der Waals surface area contributed by atoms with Crippen LogP contribution in [0.2, 0.25) is 0 Å². The van der Waals surface area contributed by atoms with E-state index in [0.29, 0.717) is 12.8 Å². The van der Waals surface area contributed by atoms with E-state index in [1.165, 1.54) is 0 Å². The lowest BCUT2D eigenvalue weighted by molar-refractivity contribution is 0.312. The highest BCUT2D eigenvalue weighted by Crippen LogP contribution is 2.25. The lowest BCUT2D eigenvalue weighted by Gasteiger charge is -2.20. The second kappa shape index (κ2) is 8.28. The van der Waals surface area contributed by atoms with Crippen molar-refractivity contribution in [3.05, 3.63) is 41.8 Å². The smallest absolute Gasteiger partial charge is 0.335 e. The van der Waals surface area contributed by atoms with Gasteiger partial charge in [0.2, 0.25) is 25.8 Å². The minimum absolute atomic E-state index is 0.0527. The molecule has 0 aliphatic heterocycles. The Morgan fingerprint density at radius 3 is 2.31 bits per heavy atom. The fourth-order valence-electron chi connectivity index (χ4n) is 2.29. The van der Waals surface area contributed by atoms with E-state index in [0.717, 1.165) is 11.8 Å². The van der Waals surface area contributed by atoms with Gasteiger partial charge in [-0.3, -0.25) is 0 Å². The van der Waals surface area contributed by atoms with Gasteiger partial charge in [0.25, 0.3) is 0 Å². The maximum atomic E-state index is 12.5. The average molecular weight is 402 g/mol. The van der Waals surface area contributed by atoms with Gasteiger partial charge in [-0.05, 0) is 17.9 Å². The van der Waals surface area contributed by atoms with Crippen molar-refractivity contribution in [1.82, 2.24) is 14.9 Å². The first-order chi connectivity index (χ1) is 12.1. The van der Waals surface area contributed by atoms with Crippen LogP contribution in [0.4, 0.5) is 0 Å². The Kier molecular flexibility index (Phi) is 6.53. The van der Waals surface area contributed by atoms with E-state index >= 15 is 0 Å². The predicted octanol–water partition coefficient (Wildman–Crippen LogP) is 1.72. The van der Waals surface area contributed by atoms with Gasteiger partial charge in [-0.1, -0.05) is 55.7 Å². The Hall–Kier alpha value is -1.78. The van der Waals surface area contributed by atoms with E-state index in [9.17, 15) is 16.8 Å². The second-order valence-corrected chi connectivity index (χ2v) is 9.98. The van der Waals surface area contributed by atoms with Gasteiger partial charge in [0, 0.05) is 6.26 Å². The van der Waals surface area contributed by atoms with Gasteiger partial charge < -0.3 is 4.42 Å². The summed E-state index contributed by atoms with van der Waals surface area (Å²) >= 11 is 0. The highest BCUT2D eigenvalue weighted by Gasteiger charge is 2.30. The molecule has 26 heavy (non-hydrogen) atoms. The zero-order valence-corrected chi connectivity index (χ0v) is 16.5. The summed E-state index contributed by atoms with van der Waals surface area (Å²) in [5.74, 6) is -0.311.